The summed E-state index contributed by atoms with van der Waals surface area (Å²) in [4.78, 5) is 8.14. The molecule has 0 bridgehead atoms. The monoisotopic (exact) mass is 491 g/mol. The summed E-state index contributed by atoms with van der Waals surface area (Å²) < 4.78 is 64.3. The molecule has 34 heavy (non-hydrogen) atoms. The maximum Gasteiger partial charge on any atom is 0.417 e. The van der Waals surface area contributed by atoms with Crippen LogP contribution in [0.3, 0.4) is 0 Å². The summed E-state index contributed by atoms with van der Waals surface area (Å²) in [6, 6.07) is 12.4. The van der Waals surface area contributed by atoms with Gasteiger partial charge in [-0.05, 0) is 73.2 Å². The second-order valence-electron chi connectivity index (χ2n) is 8.31. The predicted octanol–water partition coefficient (Wildman–Crippen LogP) is 4.85. The lowest BCUT2D eigenvalue weighted by molar-refractivity contribution is -0.137. The number of benzene rings is 1. The van der Waals surface area contributed by atoms with E-state index in [9.17, 15) is 26.7 Å². The standard InChI is InChI=1S/C24H24F3N3O3S/c25-24(26,27)18-3-10-23(29-14-18)30-19-4-8-22(9-5-19)34(32,33)21-6-1-16(2-7-21)17-11-12-28-20(13-17)15-31/h1-3,6-7,10-14,19,22,31H,4-5,8-9,15H2,(H,29,30)/t19-,22-. The minimum atomic E-state index is -4.43. The third kappa shape index (κ3) is 5.39. The predicted molar refractivity (Wildman–Crippen MR) is 122 cm³/mol. The van der Waals surface area contributed by atoms with Gasteiger partial charge in [-0.25, -0.2) is 13.4 Å². The van der Waals surface area contributed by atoms with Gasteiger partial charge in [0.25, 0.3) is 0 Å². The third-order valence-corrected chi connectivity index (χ3v) is 8.33. The molecule has 2 N–H and O–H groups in total. The van der Waals surface area contributed by atoms with Crippen LogP contribution in [0.5, 0.6) is 0 Å². The topological polar surface area (TPSA) is 92.2 Å². The average molecular weight is 492 g/mol. The maximum absolute atomic E-state index is 13.1. The van der Waals surface area contributed by atoms with Gasteiger partial charge in [0.1, 0.15) is 5.82 Å². The van der Waals surface area contributed by atoms with Crippen LogP contribution in [-0.2, 0) is 22.6 Å². The highest BCUT2D eigenvalue weighted by Gasteiger charge is 2.33. The smallest absolute Gasteiger partial charge is 0.390 e. The maximum atomic E-state index is 13.1. The number of nitrogens with zero attached hydrogens (tertiary/aromatic N) is 2. The molecule has 0 saturated heterocycles. The Morgan fingerprint density at radius 3 is 2.24 bits per heavy atom. The van der Waals surface area contributed by atoms with Crippen molar-refractivity contribution < 1.29 is 26.7 Å². The Labute approximate surface area is 195 Å². The first-order valence-corrected chi connectivity index (χ1v) is 12.4. The van der Waals surface area contributed by atoms with Crippen molar-refractivity contribution in [2.75, 3.05) is 5.32 Å². The first-order chi connectivity index (χ1) is 16.2. The van der Waals surface area contributed by atoms with Gasteiger partial charge in [0.15, 0.2) is 9.84 Å². The van der Waals surface area contributed by atoms with Crippen molar-refractivity contribution in [3.8, 4) is 11.1 Å². The van der Waals surface area contributed by atoms with E-state index in [1.807, 2.05) is 0 Å². The normalized spacial score (nSPS) is 19.1. The molecule has 0 unspecified atom stereocenters. The molecule has 6 nitrogen and oxygen atoms in total. The summed E-state index contributed by atoms with van der Waals surface area (Å²) in [7, 11) is -3.51. The minimum absolute atomic E-state index is 0.0505. The number of sulfone groups is 1. The Hall–Kier alpha value is -2.98. The fraction of sp³-hybridized carbons (Fsp3) is 0.333. The third-order valence-electron chi connectivity index (χ3n) is 6.05. The number of aliphatic hydroxyl groups excluding tert-OH is 1. The van der Waals surface area contributed by atoms with E-state index in [2.05, 4.69) is 15.3 Å². The molecule has 0 spiro atoms. The number of anilines is 1. The number of pyridine rings is 2. The zero-order chi connectivity index (χ0) is 24.3. The van der Waals surface area contributed by atoms with Crippen LogP contribution in [0.2, 0.25) is 0 Å². The van der Waals surface area contributed by atoms with Crippen molar-refractivity contribution in [1.82, 2.24) is 9.97 Å². The van der Waals surface area contributed by atoms with Gasteiger partial charge in [0.05, 0.1) is 28.0 Å². The van der Waals surface area contributed by atoms with E-state index in [0.29, 0.717) is 37.2 Å². The van der Waals surface area contributed by atoms with Crippen molar-refractivity contribution in [2.45, 2.75) is 54.7 Å². The molecule has 1 fully saturated rings. The number of aliphatic hydroxyl groups is 1. The molecule has 1 saturated carbocycles. The highest BCUT2D eigenvalue weighted by atomic mass is 32.2. The molecule has 0 atom stereocenters. The van der Waals surface area contributed by atoms with Gasteiger partial charge in [0, 0.05) is 18.4 Å². The van der Waals surface area contributed by atoms with Crippen molar-refractivity contribution in [1.29, 1.82) is 0 Å². The zero-order valence-electron chi connectivity index (χ0n) is 18.2. The van der Waals surface area contributed by atoms with Gasteiger partial charge < -0.3 is 10.4 Å². The molecule has 0 aliphatic heterocycles. The van der Waals surface area contributed by atoms with Gasteiger partial charge in [0.2, 0.25) is 0 Å². The van der Waals surface area contributed by atoms with Crippen molar-refractivity contribution in [3.05, 3.63) is 72.2 Å². The fourth-order valence-corrected chi connectivity index (χ4v) is 5.94. The molecule has 0 amide bonds. The molecular weight excluding hydrogens is 467 g/mol. The van der Waals surface area contributed by atoms with Crippen LogP contribution in [0.4, 0.5) is 19.0 Å². The van der Waals surface area contributed by atoms with E-state index in [1.165, 1.54) is 6.07 Å². The van der Waals surface area contributed by atoms with E-state index in [-0.39, 0.29) is 17.5 Å². The lowest BCUT2D eigenvalue weighted by Gasteiger charge is -2.29. The molecule has 1 aliphatic carbocycles. The Morgan fingerprint density at radius 1 is 0.941 bits per heavy atom. The van der Waals surface area contributed by atoms with Gasteiger partial charge in [-0.1, -0.05) is 12.1 Å². The van der Waals surface area contributed by atoms with Crippen LogP contribution in [0.25, 0.3) is 11.1 Å². The van der Waals surface area contributed by atoms with E-state index < -0.39 is 26.8 Å². The molecule has 1 aliphatic rings. The number of hydrogen-bond donors (Lipinski definition) is 2. The summed E-state index contributed by atoms with van der Waals surface area (Å²) in [5.41, 5.74) is 1.39. The zero-order valence-corrected chi connectivity index (χ0v) is 19.0. The number of halogens is 3. The van der Waals surface area contributed by atoms with Gasteiger partial charge in [-0.15, -0.1) is 0 Å². The Morgan fingerprint density at radius 2 is 1.65 bits per heavy atom. The largest absolute Gasteiger partial charge is 0.417 e. The molecule has 3 aromatic rings. The van der Waals surface area contributed by atoms with E-state index in [1.54, 1.807) is 42.6 Å². The Bertz CT molecular complexity index is 1220. The molecule has 180 valence electrons. The summed E-state index contributed by atoms with van der Waals surface area (Å²) >= 11 is 0. The van der Waals surface area contributed by atoms with Crippen LogP contribution in [0, 0.1) is 0 Å². The molecule has 10 heteroatoms. The second-order valence-corrected chi connectivity index (χ2v) is 10.5. The highest BCUT2D eigenvalue weighted by Crippen LogP contribution is 2.32. The van der Waals surface area contributed by atoms with Gasteiger partial charge >= 0.3 is 6.18 Å². The molecule has 2 heterocycles. The van der Waals surface area contributed by atoms with Crippen molar-refractivity contribution in [3.63, 3.8) is 0 Å². The Kier molecular flexibility index (Phi) is 6.90. The van der Waals surface area contributed by atoms with Crippen molar-refractivity contribution >= 4 is 15.7 Å². The van der Waals surface area contributed by atoms with Gasteiger partial charge in [-0.2, -0.15) is 13.2 Å². The molecule has 4 rings (SSSR count). The van der Waals surface area contributed by atoms with E-state index in [0.717, 1.165) is 23.4 Å². The number of aromatic nitrogens is 2. The van der Waals surface area contributed by atoms with Crippen LogP contribution in [0.1, 0.15) is 36.9 Å². The summed E-state index contributed by atoms with van der Waals surface area (Å²) in [6.45, 7) is -0.174. The fourth-order valence-electron chi connectivity index (χ4n) is 4.15. The van der Waals surface area contributed by atoms with Crippen LogP contribution in [-0.4, -0.2) is 34.8 Å². The second kappa shape index (κ2) is 9.71. The molecule has 1 aromatic carbocycles. The van der Waals surface area contributed by atoms with E-state index in [4.69, 9.17) is 0 Å². The minimum Gasteiger partial charge on any atom is -0.390 e. The van der Waals surface area contributed by atoms with Crippen LogP contribution in [0.15, 0.2) is 65.8 Å². The molecular formula is C24H24F3N3O3S. The lowest BCUT2D eigenvalue weighted by Crippen LogP contribution is -2.33. The van der Waals surface area contributed by atoms with Crippen LogP contribution >= 0.6 is 0 Å². The molecule has 0 radical (unpaired) electrons. The van der Waals surface area contributed by atoms with E-state index >= 15 is 0 Å². The summed E-state index contributed by atoms with van der Waals surface area (Å²) in [5.74, 6) is 0.343. The highest BCUT2D eigenvalue weighted by molar-refractivity contribution is 7.92. The average Bonchev–Trinajstić information content (AvgIpc) is 2.84. The summed E-state index contributed by atoms with van der Waals surface area (Å²) in [6.07, 6.45) is 0.00414. The van der Waals surface area contributed by atoms with Crippen molar-refractivity contribution in [2.24, 2.45) is 0 Å². The molecule has 2 aromatic heterocycles. The Balaban J connectivity index is 1.38. The quantitative estimate of drug-likeness (QED) is 0.512. The number of nitrogens with one attached hydrogen (secondary N) is 1. The van der Waals surface area contributed by atoms with Crippen LogP contribution < -0.4 is 5.32 Å². The number of alkyl halides is 3. The first kappa shape index (κ1) is 24.2. The van der Waals surface area contributed by atoms with Gasteiger partial charge in [-0.3, -0.25) is 4.98 Å². The first-order valence-electron chi connectivity index (χ1n) is 10.9. The SMILES string of the molecule is O=S(=O)(c1ccc(-c2ccnc(CO)c2)cc1)[C@H]1CC[C@H](Nc2ccc(C(F)(F)F)cn2)CC1. The summed E-state index contributed by atoms with van der Waals surface area (Å²) in [5, 5.41) is 11.8. The number of rotatable bonds is 6. The number of hydrogen-bond acceptors (Lipinski definition) is 6. The lowest BCUT2D eigenvalue weighted by atomic mass is 9.95.